The summed E-state index contributed by atoms with van der Waals surface area (Å²) < 4.78 is 0. The highest BCUT2D eigenvalue weighted by Crippen LogP contribution is 2.27. The summed E-state index contributed by atoms with van der Waals surface area (Å²) in [6, 6.07) is 7.34. The van der Waals surface area contributed by atoms with Gasteiger partial charge in [-0.1, -0.05) is 0 Å². The van der Waals surface area contributed by atoms with Crippen LogP contribution in [0.2, 0.25) is 0 Å². The quantitative estimate of drug-likeness (QED) is 0.804. The van der Waals surface area contributed by atoms with Gasteiger partial charge in [0.25, 0.3) is 5.91 Å². The lowest BCUT2D eigenvalue weighted by Crippen LogP contribution is -2.22. The third-order valence-electron chi connectivity index (χ3n) is 3.13. The predicted molar refractivity (Wildman–Crippen MR) is 85.5 cm³/mol. The first kappa shape index (κ1) is 14.3. The first-order valence-corrected chi connectivity index (χ1v) is 7.60. The van der Waals surface area contributed by atoms with Crippen LogP contribution in [0.15, 0.2) is 49.1 Å². The van der Waals surface area contributed by atoms with Gasteiger partial charge in [0.05, 0.1) is 17.8 Å². The van der Waals surface area contributed by atoms with Gasteiger partial charge in [-0.25, -0.2) is 4.98 Å². The number of rotatable bonds is 4. The standard InChI is InChI=1S/C16H14N4OS/c1-11-14(10-19-15(21)12-4-2-6-17-8-12)22-16(20-11)13-5-3-7-18-9-13/h2-9H,10H2,1H3,(H,19,21). The van der Waals surface area contributed by atoms with E-state index in [9.17, 15) is 4.79 Å². The summed E-state index contributed by atoms with van der Waals surface area (Å²) in [7, 11) is 0. The minimum Gasteiger partial charge on any atom is -0.347 e. The fraction of sp³-hybridized carbons (Fsp3) is 0.125. The summed E-state index contributed by atoms with van der Waals surface area (Å²) in [5.74, 6) is -0.135. The van der Waals surface area contributed by atoms with Crippen LogP contribution in [0.3, 0.4) is 0 Å². The highest BCUT2D eigenvalue weighted by atomic mass is 32.1. The molecule has 0 unspecified atom stereocenters. The fourth-order valence-electron chi connectivity index (χ4n) is 1.96. The molecule has 0 aromatic carbocycles. The Morgan fingerprint density at radius 3 is 2.64 bits per heavy atom. The first-order valence-electron chi connectivity index (χ1n) is 6.79. The van der Waals surface area contributed by atoms with Crippen molar-refractivity contribution in [2.45, 2.75) is 13.5 Å². The van der Waals surface area contributed by atoms with Gasteiger partial charge in [0, 0.05) is 35.2 Å². The second kappa shape index (κ2) is 6.44. The summed E-state index contributed by atoms with van der Waals surface area (Å²) in [6.45, 7) is 2.40. The van der Waals surface area contributed by atoms with E-state index in [-0.39, 0.29) is 5.91 Å². The van der Waals surface area contributed by atoms with Crippen LogP contribution >= 0.6 is 11.3 Å². The molecule has 5 nitrogen and oxygen atoms in total. The Hall–Kier alpha value is -2.60. The highest BCUT2D eigenvalue weighted by molar-refractivity contribution is 7.15. The van der Waals surface area contributed by atoms with Crippen molar-refractivity contribution in [1.82, 2.24) is 20.3 Å². The van der Waals surface area contributed by atoms with Gasteiger partial charge in [-0.3, -0.25) is 14.8 Å². The maximum absolute atomic E-state index is 12.0. The minimum atomic E-state index is -0.135. The summed E-state index contributed by atoms with van der Waals surface area (Å²) in [5, 5.41) is 3.81. The molecule has 0 bridgehead atoms. The van der Waals surface area contributed by atoms with Crippen molar-refractivity contribution in [3.8, 4) is 10.6 Å². The van der Waals surface area contributed by atoms with E-state index < -0.39 is 0 Å². The van der Waals surface area contributed by atoms with Crippen molar-refractivity contribution in [3.63, 3.8) is 0 Å². The number of hydrogen-bond acceptors (Lipinski definition) is 5. The molecule has 0 saturated carbocycles. The number of thiazole rings is 1. The Bertz CT molecular complexity index is 771. The van der Waals surface area contributed by atoms with Gasteiger partial charge in [0.2, 0.25) is 0 Å². The van der Waals surface area contributed by atoms with E-state index in [1.54, 1.807) is 48.3 Å². The fourth-order valence-corrected chi connectivity index (χ4v) is 2.96. The van der Waals surface area contributed by atoms with Crippen LogP contribution in [-0.4, -0.2) is 20.9 Å². The molecule has 3 aromatic rings. The Morgan fingerprint density at radius 1 is 1.18 bits per heavy atom. The average molecular weight is 310 g/mol. The summed E-state index contributed by atoms with van der Waals surface area (Å²) in [6.07, 6.45) is 6.72. The topological polar surface area (TPSA) is 67.8 Å². The molecule has 0 atom stereocenters. The highest BCUT2D eigenvalue weighted by Gasteiger charge is 2.11. The van der Waals surface area contributed by atoms with Crippen molar-refractivity contribution in [1.29, 1.82) is 0 Å². The molecule has 0 saturated heterocycles. The van der Waals surface area contributed by atoms with Crippen molar-refractivity contribution in [2.75, 3.05) is 0 Å². The van der Waals surface area contributed by atoms with Crippen LogP contribution in [-0.2, 0) is 6.54 Å². The molecular formula is C16H14N4OS. The lowest BCUT2D eigenvalue weighted by molar-refractivity contribution is 0.0951. The third-order valence-corrected chi connectivity index (χ3v) is 4.34. The van der Waals surface area contributed by atoms with Crippen LogP contribution in [0, 0.1) is 6.92 Å². The van der Waals surface area contributed by atoms with Crippen LogP contribution in [0.5, 0.6) is 0 Å². The smallest absolute Gasteiger partial charge is 0.253 e. The van der Waals surface area contributed by atoms with Crippen molar-refractivity contribution >= 4 is 17.2 Å². The summed E-state index contributed by atoms with van der Waals surface area (Å²) in [5.41, 5.74) is 2.47. The molecule has 0 aliphatic carbocycles. The van der Waals surface area contributed by atoms with Gasteiger partial charge in [0.15, 0.2) is 0 Å². The van der Waals surface area contributed by atoms with Crippen molar-refractivity contribution in [2.24, 2.45) is 0 Å². The number of nitrogens with one attached hydrogen (secondary N) is 1. The number of carbonyl (C=O) groups is 1. The van der Waals surface area contributed by atoms with Gasteiger partial charge in [-0.2, -0.15) is 0 Å². The molecule has 1 N–H and O–H groups in total. The van der Waals surface area contributed by atoms with E-state index in [0.717, 1.165) is 21.1 Å². The Labute approximate surface area is 132 Å². The number of nitrogens with zero attached hydrogens (tertiary/aromatic N) is 3. The van der Waals surface area contributed by atoms with Gasteiger partial charge < -0.3 is 5.32 Å². The molecule has 110 valence electrons. The maximum Gasteiger partial charge on any atom is 0.253 e. The Kier molecular flexibility index (Phi) is 4.20. The lowest BCUT2D eigenvalue weighted by atomic mass is 10.2. The minimum absolute atomic E-state index is 0.135. The Morgan fingerprint density at radius 2 is 1.95 bits per heavy atom. The molecular weight excluding hydrogens is 296 g/mol. The number of carbonyl (C=O) groups excluding carboxylic acids is 1. The van der Waals surface area contributed by atoms with E-state index in [0.29, 0.717) is 12.1 Å². The molecule has 6 heteroatoms. The first-order chi connectivity index (χ1) is 10.7. The Balaban J connectivity index is 1.71. The SMILES string of the molecule is Cc1nc(-c2cccnc2)sc1CNC(=O)c1cccnc1. The molecule has 0 spiro atoms. The molecule has 0 fully saturated rings. The van der Waals surface area contributed by atoms with Crippen LogP contribution in [0.1, 0.15) is 20.9 Å². The van der Waals surface area contributed by atoms with E-state index in [1.807, 2.05) is 19.1 Å². The van der Waals surface area contributed by atoms with Crippen LogP contribution < -0.4 is 5.32 Å². The van der Waals surface area contributed by atoms with E-state index in [2.05, 4.69) is 20.3 Å². The van der Waals surface area contributed by atoms with E-state index in [1.165, 1.54) is 0 Å². The third kappa shape index (κ3) is 3.17. The molecule has 3 rings (SSSR count). The molecule has 3 aromatic heterocycles. The zero-order chi connectivity index (χ0) is 15.4. The molecule has 22 heavy (non-hydrogen) atoms. The number of pyridine rings is 2. The van der Waals surface area contributed by atoms with Crippen LogP contribution in [0.4, 0.5) is 0 Å². The van der Waals surface area contributed by atoms with Gasteiger partial charge in [-0.15, -0.1) is 11.3 Å². The van der Waals surface area contributed by atoms with Crippen molar-refractivity contribution < 1.29 is 4.79 Å². The number of hydrogen-bond donors (Lipinski definition) is 1. The lowest BCUT2D eigenvalue weighted by Gasteiger charge is -2.03. The van der Waals surface area contributed by atoms with Gasteiger partial charge in [0.1, 0.15) is 5.01 Å². The predicted octanol–water partition coefficient (Wildman–Crippen LogP) is 2.84. The zero-order valence-corrected chi connectivity index (χ0v) is 12.8. The monoisotopic (exact) mass is 310 g/mol. The van der Waals surface area contributed by atoms with Crippen LogP contribution in [0.25, 0.3) is 10.6 Å². The molecule has 0 aliphatic heterocycles. The second-order valence-electron chi connectivity index (χ2n) is 4.69. The number of aromatic nitrogens is 3. The van der Waals surface area contributed by atoms with Crippen molar-refractivity contribution in [3.05, 3.63) is 65.2 Å². The van der Waals surface area contributed by atoms with E-state index >= 15 is 0 Å². The summed E-state index contributed by atoms with van der Waals surface area (Å²) in [4.78, 5) is 25.7. The van der Waals surface area contributed by atoms with E-state index in [4.69, 9.17) is 0 Å². The molecule has 0 aliphatic rings. The molecule has 1 amide bonds. The zero-order valence-electron chi connectivity index (χ0n) is 12.0. The van der Waals surface area contributed by atoms with Gasteiger partial charge in [-0.05, 0) is 31.2 Å². The summed E-state index contributed by atoms with van der Waals surface area (Å²) >= 11 is 1.57. The second-order valence-corrected chi connectivity index (χ2v) is 5.78. The molecule has 0 radical (unpaired) electrons. The molecule has 3 heterocycles. The normalized spacial score (nSPS) is 10.4. The average Bonchev–Trinajstić information content (AvgIpc) is 2.95. The maximum atomic E-state index is 12.0. The number of amides is 1. The number of aryl methyl sites for hydroxylation is 1. The van der Waals surface area contributed by atoms with Gasteiger partial charge >= 0.3 is 0 Å². The largest absolute Gasteiger partial charge is 0.347 e.